The van der Waals surface area contributed by atoms with Crippen LogP contribution < -0.4 is 10.5 Å². The Morgan fingerprint density at radius 1 is 1.05 bits per heavy atom. The van der Waals surface area contributed by atoms with Crippen LogP contribution in [0, 0.1) is 0 Å². The van der Waals surface area contributed by atoms with Gasteiger partial charge >= 0.3 is 0 Å². The molecular weight excluding hydrogens is 330 g/mol. The van der Waals surface area contributed by atoms with Crippen molar-refractivity contribution < 1.29 is 9.47 Å². The molecule has 2 aromatic rings. The van der Waals surface area contributed by atoms with E-state index in [-0.39, 0.29) is 0 Å². The monoisotopic (exact) mass is 347 g/mol. The Morgan fingerprint density at radius 3 is 2.48 bits per heavy atom. The molecule has 0 aromatic heterocycles. The van der Waals surface area contributed by atoms with E-state index in [2.05, 4.69) is 15.9 Å². The average molecular weight is 348 g/mol. The highest BCUT2D eigenvalue weighted by atomic mass is 79.9. The Labute approximate surface area is 133 Å². The SMILES string of the molecule is NC1CC(OCc2ccc(Oc3ccccc3)cc2Br)C1. The van der Waals surface area contributed by atoms with Gasteiger partial charge in [0.25, 0.3) is 0 Å². The van der Waals surface area contributed by atoms with Gasteiger partial charge in [-0.1, -0.05) is 40.2 Å². The largest absolute Gasteiger partial charge is 0.457 e. The molecule has 0 radical (unpaired) electrons. The quantitative estimate of drug-likeness (QED) is 0.879. The predicted molar refractivity (Wildman–Crippen MR) is 86.4 cm³/mol. The van der Waals surface area contributed by atoms with E-state index >= 15 is 0 Å². The van der Waals surface area contributed by atoms with E-state index < -0.39 is 0 Å². The topological polar surface area (TPSA) is 44.5 Å². The summed E-state index contributed by atoms with van der Waals surface area (Å²) in [6, 6.07) is 16.0. The first-order valence-corrected chi connectivity index (χ1v) is 7.88. The van der Waals surface area contributed by atoms with Crippen LogP contribution in [0.25, 0.3) is 0 Å². The van der Waals surface area contributed by atoms with Gasteiger partial charge in [0.1, 0.15) is 11.5 Å². The van der Waals surface area contributed by atoms with Gasteiger partial charge in [0, 0.05) is 10.5 Å². The van der Waals surface area contributed by atoms with Crippen LogP contribution in [0.3, 0.4) is 0 Å². The molecule has 0 amide bonds. The summed E-state index contributed by atoms with van der Waals surface area (Å²) < 4.78 is 12.6. The minimum absolute atomic E-state index is 0.312. The van der Waals surface area contributed by atoms with E-state index in [1.165, 1.54) is 0 Å². The minimum atomic E-state index is 0.312. The van der Waals surface area contributed by atoms with Gasteiger partial charge in [-0.2, -0.15) is 0 Å². The smallest absolute Gasteiger partial charge is 0.128 e. The van der Waals surface area contributed by atoms with Crippen LogP contribution in [0.2, 0.25) is 0 Å². The van der Waals surface area contributed by atoms with Crippen LogP contribution in [0.15, 0.2) is 53.0 Å². The van der Waals surface area contributed by atoms with E-state index in [1.54, 1.807) is 0 Å². The molecule has 0 saturated heterocycles. The number of benzene rings is 2. The highest BCUT2D eigenvalue weighted by molar-refractivity contribution is 9.10. The highest BCUT2D eigenvalue weighted by Crippen LogP contribution is 2.29. The summed E-state index contributed by atoms with van der Waals surface area (Å²) in [7, 11) is 0. The number of nitrogens with two attached hydrogens (primary N) is 1. The fourth-order valence-electron chi connectivity index (χ4n) is 2.28. The van der Waals surface area contributed by atoms with Crippen molar-refractivity contribution in [1.29, 1.82) is 0 Å². The van der Waals surface area contributed by atoms with Gasteiger partial charge in [0.05, 0.1) is 12.7 Å². The van der Waals surface area contributed by atoms with E-state index in [9.17, 15) is 0 Å². The summed E-state index contributed by atoms with van der Waals surface area (Å²) in [5.41, 5.74) is 6.88. The molecule has 3 nitrogen and oxygen atoms in total. The van der Waals surface area contributed by atoms with Crippen molar-refractivity contribution in [1.82, 2.24) is 0 Å². The molecule has 0 unspecified atom stereocenters. The molecule has 1 fully saturated rings. The van der Waals surface area contributed by atoms with Crippen LogP contribution in [-0.2, 0) is 11.3 Å². The third-order valence-corrected chi connectivity index (χ3v) is 4.35. The molecule has 3 rings (SSSR count). The zero-order valence-electron chi connectivity index (χ0n) is 11.7. The fraction of sp³-hybridized carbons (Fsp3) is 0.294. The normalized spacial score (nSPS) is 20.9. The minimum Gasteiger partial charge on any atom is -0.457 e. The summed E-state index contributed by atoms with van der Waals surface area (Å²) in [6.45, 7) is 0.601. The molecule has 1 saturated carbocycles. The first-order valence-electron chi connectivity index (χ1n) is 7.09. The highest BCUT2D eigenvalue weighted by Gasteiger charge is 2.26. The van der Waals surface area contributed by atoms with Gasteiger partial charge in [0.2, 0.25) is 0 Å². The standard InChI is InChI=1S/C17H18BrNO2/c18-17-10-15(21-14-4-2-1-3-5-14)7-6-12(17)11-20-16-8-13(19)9-16/h1-7,10,13,16H,8-9,11,19H2. The molecule has 110 valence electrons. The van der Waals surface area contributed by atoms with E-state index in [0.29, 0.717) is 18.8 Å². The van der Waals surface area contributed by atoms with Crippen molar-refractivity contribution in [3.05, 3.63) is 58.6 Å². The summed E-state index contributed by atoms with van der Waals surface area (Å²) in [5.74, 6) is 1.64. The van der Waals surface area contributed by atoms with Crippen LogP contribution in [0.1, 0.15) is 18.4 Å². The molecule has 0 atom stereocenters. The van der Waals surface area contributed by atoms with Crippen LogP contribution in [0.5, 0.6) is 11.5 Å². The molecule has 2 N–H and O–H groups in total. The van der Waals surface area contributed by atoms with Gasteiger partial charge in [-0.15, -0.1) is 0 Å². The van der Waals surface area contributed by atoms with Crippen molar-refractivity contribution in [3.8, 4) is 11.5 Å². The van der Waals surface area contributed by atoms with Gasteiger partial charge < -0.3 is 15.2 Å². The Kier molecular flexibility index (Phi) is 4.58. The van der Waals surface area contributed by atoms with Crippen LogP contribution in [0.4, 0.5) is 0 Å². The van der Waals surface area contributed by atoms with Gasteiger partial charge in [-0.25, -0.2) is 0 Å². The lowest BCUT2D eigenvalue weighted by atomic mass is 9.90. The lowest BCUT2D eigenvalue weighted by Gasteiger charge is -2.32. The zero-order valence-corrected chi connectivity index (χ0v) is 13.3. The lowest BCUT2D eigenvalue weighted by molar-refractivity contribution is -0.0190. The number of hydrogen-bond donors (Lipinski definition) is 1. The van der Waals surface area contributed by atoms with Crippen LogP contribution in [-0.4, -0.2) is 12.1 Å². The second kappa shape index (κ2) is 6.60. The molecule has 0 heterocycles. The van der Waals surface area contributed by atoms with Crippen molar-refractivity contribution >= 4 is 15.9 Å². The number of para-hydroxylation sites is 1. The number of rotatable bonds is 5. The fourth-order valence-corrected chi connectivity index (χ4v) is 2.76. The molecule has 4 heteroatoms. The average Bonchev–Trinajstić information content (AvgIpc) is 2.45. The molecular formula is C17H18BrNO2. The lowest BCUT2D eigenvalue weighted by Crippen LogP contribution is -2.41. The second-order valence-corrected chi connectivity index (χ2v) is 6.19. The molecule has 0 spiro atoms. The van der Waals surface area contributed by atoms with Crippen molar-refractivity contribution in [2.24, 2.45) is 5.73 Å². The molecule has 21 heavy (non-hydrogen) atoms. The van der Waals surface area contributed by atoms with Gasteiger partial charge in [0.15, 0.2) is 0 Å². The molecule has 1 aliphatic carbocycles. The molecule has 0 bridgehead atoms. The van der Waals surface area contributed by atoms with Crippen molar-refractivity contribution in [2.45, 2.75) is 31.6 Å². The summed E-state index contributed by atoms with van der Waals surface area (Å²) >= 11 is 3.58. The van der Waals surface area contributed by atoms with Crippen molar-refractivity contribution in [2.75, 3.05) is 0 Å². The first kappa shape index (κ1) is 14.6. The van der Waals surface area contributed by atoms with E-state index in [1.807, 2.05) is 48.5 Å². The third kappa shape index (κ3) is 3.84. The number of ether oxygens (including phenoxy) is 2. The summed E-state index contributed by atoms with van der Waals surface area (Å²) in [6.07, 6.45) is 2.24. The molecule has 0 aliphatic heterocycles. The first-order chi connectivity index (χ1) is 10.2. The number of halogens is 1. The van der Waals surface area contributed by atoms with E-state index in [0.717, 1.165) is 34.4 Å². The predicted octanol–water partition coefficient (Wildman–Crippen LogP) is 4.25. The van der Waals surface area contributed by atoms with Crippen LogP contribution >= 0.6 is 15.9 Å². The Morgan fingerprint density at radius 2 is 1.81 bits per heavy atom. The van der Waals surface area contributed by atoms with E-state index in [4.69, 9.17) is 15.2 Å². The van der Waals surface area contributed by atoms with Gasteiger partial charge in [-0.3, -0.25) is 0 Å². The number of hydrogen-bond acceptors (Lipinski definition) is 3. The maximum Gasteiger partial charge on any atom is 0.128 e. The summed E-state index contributed by atoms with van der Waals surface area (Å²) in [5, 5.41) is 0. The second-order valence-electron chi connectivity index (χ2n) is 5.33. The Bertz CT molecular complexity index is 597. The molecule has 2 aromatic carbocycles. The Balaban J connectivity index is 1.60. The third-order valence-electron chi connectivity index (χ3n) is 3.61. The zero-order chi connectivity index (χ0) is 14.7. The van der Waals surface area contributed by atoms with Crippen molar-refractivity contribution in [3.63, 3.8) is 0 Å². The maximum atomic E-state index is 5.82. The maximum absolute atomic E-state index is 5.82. The molecule has 1 aliphatic rings. The Hall–Kier alpha value is -1.36. The summed E-state index contributed by atoms with van der Waals surface area (Å²) in [4.78, 5) is 0. The van der Waals surface area contributed by atoms with Gasteiger partial charge in [-0.05, 0) is 42.7 Å².